The van der Waals surface area contributed by atoms with Crippen molar-refractivity contribution in [2.24, 2.45) is 11.7 Å². The number of amides is 1. The molecule has 1 aromatic rings. The van der Waals surface area contributed by atoms with E-state index in [0.29, 0.717) is 11.8 Å². The Labute approximate surface area is 150 Å². The van der Waals surface area contributed by atoms with E-state index < -0.39 is 0 Å². The minimum atomic E-state index is -0.229. The van der Waals surface area contributed by atoms with E-state index in [1.54, 1.807) is 11.3 Å². The first-order chi connectivity index (χ1) is 10.6. The minimum Gasteiger partial charge on any atom is -0.342 e. The average molecular weight is 357 g/mol. The van der Waals surface area contributed by atoms with Crippen LogP contribution in [0.5, 0.6) is 0 Å². The number of nitrogens with two attached hydrogens (primary N) is 1. The molecule has 5 heteroatoms. The summed E-state index contributed by atoms with van der Waals surface area (Å²) in [6.45, 7) is 3.87. The number of likely N-dealkylation sites (tertiary alicyclic amines) is 1. The summed E-state index contributed by atoms with van der Waals surface area (Å²) in [5, 5.41) is 2.11. The lowest BCUT2D eigenvalue weighted by Gasteiger charge is -2.42. The van der Waals surface area contributed by atoms with Gasteiger partial charge in [0, 0.05) is 24.0 Å². The van der Waals surface area contributed by atoms with Crippen LogP contribution in [0.1, 0.15) is 56.7 Å². The molecule has 1 aliphatic heterocycles. The first-order valence-electron chi connectivity index (χ1n) is 8.72. The summed E-state index contributed by atoms with van der Waals surface area (Å²) in [6, 6.07) is 4.51. The summed E-state index contributed by atoms with van der Waals surface area (Å²) in [5.41, 5.74) is 5.80. The maximum atomic E-state index is 13.4. The topological polar surface area (TPSA) is 46.3 Å². The molecule has 2 aliphatic rings. The van der Waals surface area contributed by atoms with Crippen molar-refractivity contribution in [2.45, 2.75) is 63.3 Å². The normalized spacial score (nSPS) is 23.1. The van der Waals surface area contributed by atoms with E-state index >= 15 is 0 Å². The van der Waals surface area contributed by atoms with Crippen LogP contribution in [0.2, 0.25) is 0 Å². The van der Waals surface area contributed by atoms with Gasteiger partial charge in [0.1, 0.15) is 0 Å². The van der Waals surface area contributed by atoms with Crippen molar-refractivity contribution in [3.8, 4) is 0 Å². The van der Waals surface area contributed by atoms with Gasteiger partial charge in [-0.1, -0.05) is 25.3 Å². The highest BCUT2D eigenvalue weighted by molar-refractivity contribution is 7.10. The van der Waals surface area contributed by atoms with Crippen molar-refractivity contribution in [1.29, 1.82) is 0 Å². The van der Waals surface area contributed by atoms with Gasteiger partial charge in [0.2, 0.25) is 5.91 Å². The lowest BCUT2D eigenvalue weighted by Crippen LogP contribution is -2.51. The zero-order chi connectivity index (χ0) is 15.6. The van der Waals surface area contributed by atoms with Crippen LogP contribution < -0.4 is 5.73 Å². The molecule has 2 N–H and O–H groups in total. The predicted molar refractivity (Wildman–Crippen MR) is 99.3 cm³/mol. The summed E-state index contributed by atoms with van der Waals surface area (Å²) in [6.07, 6.45) is 7.81. The Morgan fingerprint density at radius 1 is 1.30 bits per heavy atom. The lowest BCUT2D eigenvalue weighted by molar-refractivity contribution is -0.140. The third kappa shape index (κ3) is 3.75. The number of rotatable bonds is 3. The van der Waals surface area contributed by atoms with E-state index in [1.165, 1.54) is 24.1 Å². The van der Waals surface area contributed by atoms with Gasteiger partial charge < -0.3 is 10.6 Å². The fourth-order valence-electron chi connectivity index (χ4n) is 4.20. The second kappa shape index (κ2) is 8.00. The number of halogens is 1. The molecule has 2 heterocycles. The van der Waals surface area contributed by atoms with Crippen LogP contribution in [0.15, 0.2) is 17.5 Å². The van der Waals surface area contributed by atoms with Gasteiger partial charge in [0.15, 0.2) is 0 Å². The summed E-state index contributed by atoms with van der Waals surface area (Å²) in [7, 11) is 0. The molecule has 2 fully saturated rings. The van der Waals surface area contributed by atoms with Crippen molar-refractivity contribution in [1.82, 2.24) is 4.90 Å². The molecule has 0 bridgehead atoms. The number of piperidine rings is 1. The smallest absolute Gasteiger partial charge is 0.234 e. The molecule has 0 radical (unpaired) electrons. The fourth-order valence-corrected chi connectivity index (χ4v) is 5.18. The summed E-state index contributed by atoms with van der Waals surface area (Å²) >= 11 is 1.76. The molecular formula is C18H29ClN2OS. The summed E-state index contributed by atoms with van der Waals surface area (Å²) in [4.78, 5) is 16.8. The van der Waals surface area contributed by atoms with E-state index in [9.17, 15) is 4.79 Å². The van der Waals surface area contributed by atoms with Crippen molar-refractivity contribution in [2.75, 3.05) is 13.1 Å². The molecule has 1 amide bonds. The zero-order valence-corrected chi connectivity index (χ0v) is 15.6. The lowest BCUT2D eigenvalue weighted by atomic mass is 9.71. The van der Waals surface area contributed by atoms with Crippen molar-refractivity contribution < 1.29 is 4.79 Å². The van der Waals surface area contributed by atoms with Crippen molar-refractivity contribution >= 4 is 29.7 Å². The Morgan fingerprint density at radius 2 is 1.96 bits per heavy atom. The average Bonchev–Trinajstić information content (AvgIpc) is 3.10. The first-order valence-corrected chi connectivity index (χ1v) is 9.60. The van der Waals surface area contributed by atoms with Gasteiger partial charge in [-0.15, -0.1) is 23.7 Å². The number of carbonyl (C=O) groups is 1. The summed E-state index contributed by atoms with van der Waals surface area (Å²) in [5.74, 6) is 0.964. The maximum Gasteiger partial charge on any atom is 0.234 e. The SMILES string of the molecule is CC(N)C1CCN(C(=O)C2(c3cccs3)CCCCC2)CC1.Cl. The zero-order valence-electron chi connectivity index (χ0n) is 14.0. The number of thiophene rings is 1. The van der Waals surface area contributed by atoms with Crippen LogP contribution in [-0.4, -0.2) is 29.9 Å². The molecule has 23 heavy (non-hydrogen) atoms. The van der Waals surface area contributed by atoms with E-state index in [0.717, 1.165) is 38.8 Å². The third-order valence-corrected chi connectivity index (χ3v) is 6.75. The number of hydrogen-bond donors (Lipinski definition) is 1. The molecule has 1 unspecified atom stereocenters. The van der Waals surface area contributed by atoms with Crippen LogP contribution in [0.25, 0.3) is 0 Å². The molecule has 1 saturated carbocycles. The molecule has 1 aromatic heterocycles. The Kier molecular flexibility index (Phi) is 6.52. The van der Waals surface area contributed by atoms with E-state index in [1.807, 2.05) is 0 Å². The predicted octanol–water partition coefficient (Wildman–Crippen LogP) is 3.96. The quantitative estimate of drug-likeness (QED) is 0.891. The van der Waals surface area contributed by atoms with E-state index in [2.05, 4.69) is 29.3 Å². The Balaban J connectivity index is 0.00000192. The van der Waals surface area contributed by atoms with Crippen LogP contribution in [-0.2, 0) is 10.2 Å². The second-order valence-electron chi connectivity index (χ2n) is 7.11. The standard InChI is InChI=1S/C18H28N2OS.ClH/c1-14(19)15-7-11-20(12-8-15)17(21)18(9-3-2-4-10-18)16-6-5-13-22-16;/h5-6,13-15H,2-4,7-12,19H2,1H3;1H. The van der Waals surface area contributed by atoms with Gasteiger partial charge >= 0.3 is 0 Å². The maximum absolute atomic E-state index is 13.4. The van der Waals surface area contributed by atoms with Gasteiger partial charge in [-0.25, -0.2) is 0 Å². The number of carbonyl (C=O) groups excluding carboxylic acids is 1. The number of nitrogens with zero attached hydrogens (tertiary/aromatic N) is 1. The molecule has 1 aliphatic carbocycles. The molecule has 130 valence electrons. The highest BCUT2D eigenvalue weighted by atomic mass is 35.5. The van der Waals surface area contributed by atoms with Gasteiger partial charge in [0.05, 0.1) is 5.41 Å². The molecule has 3 rings (SSSR count). The number of hydrogen-bond acceptors (Lipinski definition) is 3. The van der Waals surface area contributed by atoms with Gasteiger partial charge in [-0.05, 0) is 50.0 Å². The highest BCUT2D eigenvalue weighted by Crippen LogP contribution is 2.43. The molecular weight excluding hydrogens is 328 g/mol. The summed E-state index contributed by atoms with van der Waals surface area (Å²) < 4.78 is 0. The molecule has 1 saturated heterocycles. The van der Waals surface area contributed by atoms with E-state index in [-0.39, 0.29) is 23.9 Å². The van der Waals surface area contributed by atoms with Crippen molar-refractivity contribution in [3.63, 3.8) is 0 Å². The molecule has 1 atom stereocenters. The van der Waals surface area contributed by atoms with Crippen molar-refractivity contribution in [3.05, 3.63) is 22.4 Å². The van der Waals surface area contributed by atoms with Crippen LogP contribution in [0.3, 0.4) is 0 Å². The van der Waals surface area contributed by atoms with Gasteiger partial charge in [0.25, 0.3) is 0 Å². The minimum absolute atomic E-state index is 0. The van der Waals surface area contributed by atoms with E-state index in [4.69, 9.17) is 5.73 Å². The third-order valence-electron chi connectivity index (χ3n) is 5.68. The van der Waals surface area contributed by atoms with Crippen LogP contribution in [0, 0.1) is 5.92 Å². The van der Waals surface area contributed by atoms with Gasteiger partial charge in [-0.2, -0.15) is 0 Å². The molecule has 0 spiro atoms. The fraction of sp³-hybridized carbons (Fsp3) is 0.722. The second-order valence-corrected chi connectivity index (χ2v) is 8.06. The Bertz CT molecular complexity index is 489. The first kappa shape index (κ1) is 18.8. The van der Waals surface area contributed by atoms with Crippen LogP contribution in [0.4, 0.5) is 0 Å². The monoisotopic (exact) mass is 356 g/mol. The highest BCUT2D eigenvalue weighted by Gasteiger charge is 2.44. The van der Waals surface area contributed by atoms with Gasteiger partial charge in [-0.3, -0.25) is 4.79 Å². The Morgan fingerprint density at radius 3 is 2.48 bits per heavy atom. The molecule has 0 aromatic carbocycles. The molecule has 3 nitrogen and oxygen atoms in total. The van der Waals surface area contributed by atoms with Crippen LogP contribution >= 0.6 is 23.7 Å². The largest absolute Gasteiger partial charge is 0.342 e. The Hall–Kier alpha value is -0.580.